The molecule has 2 unspecified atom stereocenters. The molecular weight excluding hydrogens is 272 g/mol. The van der Waals surface area contributed by atoms with Crippen LogP contribution in [0.5, 0.6) is 0 Å². The first-order chi connectivity index (χ1) is 9.51. The van der Waals surface area contributed by atoms with Crippen molar-refractivity contribution >= 4 is 23.2 Å². The fourth-order valence-corrected chi connectivity index (χ4v) is 3.21. The van der Waals surface area contributed by atoms with Crippen molar-refractivity contribution in [2.24, 2.45) is 11.8 Å². The number of rotatable bonds is 3. The molecule has 0 saturated carbocycles. The minimum atomic E-state index is 0.0850. The monoisotopic (exact) mass is 294 g/mol. The zero-order chi connectivity index (χ0) is 14.7. The van der Waals surface area contributed by atoms with Crippen molar-refractivity contribution in [1.29, 1.82) is 0 Å². The van der Waals surface area contributed by atoms with Gasteiger partial charge >= 0.3 is 0 Å². The number of hydrogen-bond acceptors (Lipinski definition) is 2. The Morgan fingerprint density at radius 2 is 2.00 bits per heavy atom. The predicted molar refractivity (Wildman–Crippen MR) is 84.5 cm³/mol. The van der Waals surface area contributed by atoms with Crippen LogP contribution >= 0.6 is 11.6 Å². The molecule has 0 aliphatic carbocycles. The Balaban J connectivity index is 2.25. The van der Waals surface area contributed by atoms with Crippen molar-refractivity contribution in [3.63, 3.8) is 0 Å². The lowest BCUT2D eigenvalue weighted by atomic mass is 9.91. The molecule has 1 aromatic rings. The number of nitrogens with one attached hydrogen (secondary N) is 1. The van der Waals surface area contributed by atoms with Crippen molar-refractivity contribution in [3.05, 3.63) is 28.8 Å². The summed E-state index contributed by atoms with van der Waals surface area (Å²) < 4.78 is 0. The summed E-state index contributed by atoms with van der Waals surface area (Å²) in [5, 5.41) is 3.84. The maximum atomic E-state index is 12.8. The highest BCUT2D eigenvalue weighted by atomic mass is 35.5. The number of nitrogens with zero attached hydrogens (tertiary/aromatic N) is 1. The van der Waals surface area contributed by atoms with Gasteiger partial charge in [-0.2, -0.15) is 0 Å². The van der Waals surface area contributed by atoms with Gasteiger partial charge in [0.15, 0.2) is 0 Å². The van der Waals surface area contributed by atoms with Gasteiger partial charge < -0.3 is 10.2 Å². The van der Waals surface area contributed by atoms with Crippen LogP contribution in [0.3, 0.4) is 0 Å². The zero-order valence-electron chi connectivity index (χ0n) is 12.4. The normalized spacial score (nSPS) is 22.7. The lowest BCUT2D eigenvalue weighted by Crippen LogP contribution is -2.42. The van der Waals surface area contributed by atoms with Crippen LogP contribution in [0.1, 0.15) is 37.6 Å². The van der Waals surface area contributed by atoms with Crippen molar-refractivity contribution in [1.82, 2.24) is 4.90 Å². The maximum absolute atomic E-state index is 12.8. The third-order valence-corrected chi connectivity index (χ3v) is 3.97. The molecular formula is C16H23ClN2O. The summed E-state index contributed by atoms with van der Waals surface area (Å²) in [6.07, 6.45) is 1.19. The van der Waals surface area contributed by atoms with Crippen molar-refractivity contribution in [2.75, 3.05) is 25.0 Å². The van der Waals surface area contributed by atoms with Gasteiger partial charge in [0.1, 0.15) is 0 Å². The van der Waals surface area contributed by atoms with E-state index in [-0.39, 0.29) is 5.91 Å². The molecule has 110 valence electrons. The Labute approximate surface area is 126 Å². The standard InChI is InChI=1S/C16H23ClN2O/c1-4-18-15-6-5-13(17)8-14(15)16(20)19-9-11(2)7-12(3)10-19/h5-6,8,11-12,18H,4,7,9-10H2,1-3H3. The average Bonchev–Trinajstić information content (AvgIpc) is 2.39. The molecule has 1 amide bonds. The molecule has 3 nitrogen and oxygen atoms in total. The third kappa shape index (κ3) is 3.45. The Bertz CT molecular complexity index is 479. The van der Waals surface area contributed by atoms with Gasteiger partial charge in [0.2, 0.25) is 0 Å². The van der Waals surface area contributed by atoms with E-state index >= 15 is 0 Å². The largest absolute Gasteiger partial charge is 0.385 e. The number of benzene rings is 1. The molecule has 1 N–H and O–H groups in total. The van der Waals surface area contributed by atoms with Gasteiger partial charge in [-0.25, -0.2) is 0 Å². The molecule has 1 fully saturated rings. The fraction of sp³-hybridized carbons (Fsp3) is 0.562. The highest BCUT2D eigenvalue weighted by Crippen LogP contribution is 2.26. The molecule has 2 rings (SSSR count). The second kappa shape index (κ2) is 6.49. The lowest BCUT2D eigenvalue weighted by Gasteiger charge is -2.35. The Morgan fingerprint density at radius 1 is 1.35 bits per heavy atom. The summed E-state index contributed by atoms with van der Waals surface area (Å²) in [6, 6.07) is 5.47. The molecule has 0 radical (unpaired) electrons. The Kier molecular flexibility index (Phi) is 4.92. The number of piperidine rings is 1. The van der Waals surface area contributed by atoms with Crippen LogP contribution in [-0.4, -0.2) is 30.4 Å². The number of carbonyl (C=O) groups is 1. The van der Waals surface area contributed by atoms with Gasteiger partial charge in [-0.3, -0.25) is 4.79 Å². The number of hydrogen-bond donors (Lipinski definition) is 1. The third-order valence-electron chi connectivity index (χ3n) is 3.74. The Morgan fingerprint density at radius 3 is 2.60 bits per heavy atom. The van der Waals surface area contributed by atoms with E-state index in [0.717, 1.165) is 25.3 Å². The summed E-state index contributed by atoms with van der Waals surface area (Å²) in [7, 11) is 0. The van der Waals surface area contributed by atoms with E-state index in [4.69, 9.17) is 11.6 Å². The van der Waals surface area contributed by atoms with Crippen molar-refractivity contribution in [3.8, 4) is 0 Å². The first kappa shape index (κ1) is 15.2. The molecule has 2 atom stereocenters. The molecule has 1 aromatic carbocycles. The van der Waals surface area contributed by atoms with E-state index in [0.29, 0.717) is 22.4 Å². The van der Waals surface area contributed by atoms with E-state index in [1.165, 1.54) is 6.42 Å². The first-order valence-electron chi connectivity index (χ1n) is 7.34. The van der Waals surface area contributed by atoms with Crippen molar-refractivity contribution < 1.29 is 4.79 Å². The zero-order valence-corrected chi connectivity index (χ0v) is 13.2. The van der Waals surface area contributed by atoms with Crippen LogP contribution in [0, 0.1) is 11.8 Å². The summed E-state index contributed by atoms with van der Waals surface area (Å²) >= 11 is 6.06. The van der Waals surface area contributed by atoms with Gasteiger partial charge in [-0.05, 0) is 43.4 Å². The first-order valence-corrected chi connectivity index (χ1v) is 7.71. The van der Waals surface area contributed by atoms with E-state index in [9.17, 15) is 4.79 Å². The summed E-state index contributed by atoms with van der Waals surface area (Å²) in [5.41, 5.74) is 1.55. The lowest BCUT2D eigenvalue weighted by molar-refractivity contribution is 0.0624. The predicted octanol–water partition coefficient (Wildman–Crippen LogP) is 3.89. The molecule has 1 aliphatic heterocycles. The number of carbonyl (C=O) groups excluding carboxylic acids is 1. The minimum absolute atomic E-state index is 0.0850. The highest BCUT2D eigenvalue weighted by Gasteiger charge is 2.27. The molecule has 0 aromatic heterocycles. The fourth-order valence-electron chi connectivity index (χ4n) is 3.04. The minimum Gasteiger partial charge on any atom is -0.385 e. The smallest absolute Gasteiger partial charge is 0.256 e. The molecule has 0 bridgehead atoms. The molecule has 1 heterocycles. The quantitative estimate of drug-likeness (QED) is 0.917. The second-order valence-corrected chi connectivity index (χ2v) is 6.31. The van der Waals surface area contributed by atoms with Gasteiger partial charge in [0.25, 0.3) is 5.91 Å². The van der Waals surface area contributed by atoms with Gasteiger partial charge in [-0.15, -0.1) is 0 Å². The topological polar surface area (TPSA) is 32.3 Å². The van der Waals surface area contributed by atoms with Crippen LogP contribution in [0.4, 0.5) is 5.69 Å². The molecule has 1 aliphatic rings. The summed E-state index contributed by atoms with van der Waals surface area (Å²) in [5.74, 6) is 1.20. The van der Waals surface area contributed by atoms with Gasteiger partial charge in [0, 0.05) is 30.3 Å². The molecule has 1 saturated heterocycles. The van der Waals surface area contributed by atoms with Gasteiger partial charge in [-0.1, -0.05) is 25.4 Å². The highest BCUT2D eigenvalue weighted by molar-refractivity contribution is 6.31. The van der Waals surface area contributed by atoms with Crippen LogP contribution in [-0.2, 0) is 0 Å². The summed E-state index contributed by atoms with van der Waals surface area (Å²) in [4.78, 5) is 14.7. The average molecular weight is 295 g/mol. The van der Waals surface area contributed by atoms with Crippen LogP contribution in [0.25, 0.3) is 0 Å². The molecule has 4 heteroatoms. The number of amides is 1. The number of likely N-dealkylation sites (tertiary alicyclic amines) is 1. The van der Waals surface area contributed by atoms with Crippen LogP contribution in [0.2, 0.25) is 5.02 Å². The van der Waals surface area contributed by atoms with E-state index in [1.54, 1.807) is 6.07 Å². The van der Waals surface area contributed by atoms with Gasteiger partial charge in [0.05, 0.1) is 5.56 Å². The number of anilines is 1. The maximum Gasteiger partial charge on any atom is 0.256 e. The Hall–Kier alpha value is -1.22. The summed E-state index contributed by atoms with van der Waals surface area (Å²) in [6.45, 7) is 8.89. The number of halogens is 1. The SMILES string of the molecule is CCNc1ccc(Cl)cc1C(=O)N1CC(C)CC(C)C1. The van der Waals surface area contributed by atoms with Crippen LogP contribution in [0.15, 0.2) is 18.2 Å². The van der Waals surface area contributed by atoms with Crippen LogP contribution < -0.4 is 5.32 Å². The van der Waals surface area contributed by atoms with E-state index < -0.39 is 0 Å². The second-order valence-electron chi connectivity index (χ2n) is 5.88. The van der Waals surface area contributed by atoms with E-state index in [2.05, 4.69) is 19.2 Å². The van der Waals surface area contributed by atoms with E-state index in [1.807, 2.05) is 24.0 Å². The van der Waals surface area contributed by atoms with Crippen molar-refractivity contribution in [2.45, 2.75) is 27.2 Å². The molecule has 0 spiro atoms. The molecule has 20 heavy (non-hydrogen) atoms.